The molecule has 0 saturated carbocycles. The van der Waals surface area contributed by atoms with Crippen LogP contribution in [-0.2, 0) is 4.79 Å². The van der Waals surface area contributed by atoms with Crippen LogP contribution in [0, 0.1) is 6.92 Å². The molecule has 32 heavy (non-hydrogen) atoms. The number of aromatic hydroxyl groups is 1. The summed E-state index contributed by atoms with van der Waals surface area (Å²) >= 11 is 0. The molecule has 0 spiro atoms. The molecule has 0 aromatic heterocycles. The minimum Gasteiger partial charge on any atom is -0.506 e. The Bertz CT molecular complexity index is 1140. The molecule has 2 amide bonds. The fourth-order valence-electron chi connectivity index (χ4n) is 4.22. The quantitative estimate of drug-likeness (QED) is 0.639. The van der Waals surface area contributed by atoms with Crippen LogP contribution in [0.2, 0.25) is 0 Å². The number of hydrogen-bond donors (Lipinski definition) is 1. The summed E-state index contributed by atoms with van der Waals surface area (Å²) in [5, 5.41) is 12.2. The third-order valence-corrected chi connectivity index (χ3v) is 6.08. The molecule has 3 aromatic rings. The van der Waals surface area contributed by atoms with Crippen molar-refractivity contribution in [2.75, 3.05) is 26.7 Å². The molecule has 1 heterocycles. The maximum atomic E-state index is 13.3. The Kier molecular flexibility index (Phi) is 6.30. The highest BCUT2D eigenvalue weighted by atomic mass is 16.5. The van der Waals surface area contributed by atoms with Crippen LogP contribution in [-0.4, -0.2) is 59.5 Å². The molecule has 0 aliphatic carbocycles. The molecule has 6 nitrogen and oxygen atoms in total. The van der Waals surface area contributed by atoms with Crippen LogP contribution in [0.25, 0.3) is 10.8 Å². The highest BCUT2D eigenvalue weighted by Gasteiger charge is 2.37. The second-order valence-corrected chi connectivity index (χ2v) is 8.21. The fraction of sp³-hybridized carbons (Fsp3) is 0.308. The SMILES string of the molecule is Cc1ccccc1OCCN(C)C(=O)C1CCCN1C(=O)c1ccc2ccccc2c1O. The molecule has 0 radical (unpaired) electrons. The van der Waals surface area contributed by atoms with Gasteiger partial charge in [-0.2, -0.15) is 0 Å². The topological polar surface area (TPSA) is 70.1 Å². The molecule has 166 valence electrons. The third-order valence-electron chi connectivity index (χ3n) is 6.08. The van der Waals surface area contributed by atoms with Gasteiger partial charge in [-0.25, -0.2) is 0 Å². The van der Waals surface area contributed by atoms with E-state index in [1.54, 1.807) is 29.0 Å². The summed E-state index contributed by atoms with van der Waals surface area (Å²) in [6.07, 6.45) is 1.37. The van der Waals surface area contributed by atoms with Gasteiger partial charge in [0, 0.05) is 19.0 Å². The lowest BCUT2D eigenvalue weighted by Gasteiger charge is -2.28. The summed E-state index contributed by atoms with van der Waals surface area (Å²) < 4.78 is 5.81. The van der Waals surface area contributed by atoms with E-state index in [1.807, 2.05) is 55.5 Å². The van der Waals surface area contributed by atoms with E-state index in [0.717, 1.165) is 23.1 Å². The number of hydrogen-bond acceptors (Lipinski definition) is 4. The van der Waals surface area contributed by atoms with Gasteiger partial charge in [0.25, 0.3) is 5.91 Å². The summed E-state index contributed by atoms with van der Waals surface area (Å²) in [5.74, 6) is 0.349. The van der Waals surface area contributed by atoms with Gasteiger partial charge in [-0.1, -0.05) is 48.5 Å². The number of amides is 2. The number of phenols is 1. The highest BCUT2D eigenvalue weighted by molar-refractivity contribution is 6.05. The molecule has 1 aliphatic heterocycles. The van der Waals surface area contributed by atoms with Gasteiger partial charge in [-0.3, -0.25) is 9.59 Å². The van der Waals surface area contributed by atoms with Gasteiger partial charge in [0.2, 0.25) is 5.91 Å². The first-order valence-electron chi connectivity index (χ1n) is 10.9. The van der Waals surface area contributed by atoms with Gasteiger partial charge < -0.3 is 19.6 Å². The largest absolute Gasteiger partial charge is 0.506 e. The van der Waals surface area contributed by atoms with Crippen LogP contribution in [0.3, 0.4) is 0 Å². The standard InChI is InChI=1S/C26H28N2O4/c1-18-8-3-6-12-23(18)32-17-16-27(2)26(31)22-11-7-15-28(22)25(30)21-14-13-19-9-4-5-10-20(19)24(21)29/h3-6,8-10,12-14,22,29H,7,11,15-17H2,1-2H3. The number of para-hydroxylation sites is 1. The van der Waals surface area contributed by atoms with E-state index in [4.69, 9.17) is 4.74 Å². The van der Waals surface area contributed by atoms with E-state index in [-0.39, 0.29) is 23.1 Å². The molecule has 6 heteroatoms. The number of phenolic OH excluding ortho intramolecular Hbond substituents is 1. The number of fused-ring (bicyclic) bond motifs is 1. The summed E-state index contributed by atoms with van der Waals surface area (Å²) in [6.45, 7) is 3.27. The number of ether oxygens (including phenoxy) is 1. The molecular formula is C26H28N2O4. The first-order chi connectivity index (χ1) is 15.5. The Morgan fingerprint density at radius 3 is 2.66 bits per heavy atom. The predicted molar refractivity (Wildman–Crippen MR) is 124 cm³/mol. The van der Waals surface area contributed by atoms with Gasteiger partial charge in [0.15, 0.2) is 0 Å². The second-order valence-electron chi connectivity index (χ2n) is 8.21. The van der Waals surface area contributed by atoms with Crippen molar-refractivity contribution in [3.8, 4) is 11.5 Å². The Hall–Kier alpha value is -3.54. The minimum absolute atomic E-state index is 0.0359. The lowest BCUT2D eigenvalue weighted by molar-refractivity contribution is -0.134. The number of likely N-dealkylation sites (N-methyl/N-ethyl adjacent to an activating group) is 1. The van der Waals surface area contributed by atoms with Crippen molar-refractivity contribution in [2.24, 2.45) is 0 Å². The maximum absolute atomic E-state index is 13.3. The molecule has 1 aliphatic rings. The van der Waals surface area contributed by atoms with Crippen LogP contribution in [0.5, 0.6) is 11.5 Å². The Morgan fingerprint density at radius 2 is 1.84 bits per heavy atom. The minimum atomic E-state index is -0.531. The Balaban J connectivity index is 1.43. The van der Waals surface area contributed by atoms with Crippen molar-refractivity contribution in [3.05, 3.63) is 71.8 Å². The van der Waals surface area contributed by atoms with Crippen LogP contribution < -0.4 is 4.74 Å². The summed E-state index contributed by atoms with van der Waals surface area (Å²) in [6, 6.07) is 18.1. The normalized spacial score (nSPS) is 15.7. The van der Waals surface area contributed by atoms with E-state index >= 15 is 0 Å². The summed E-state index contributed by atoms with van der Waals surface area (Å²) in [5.41, 5.74) is 1.28. The molecule has 3 aromatic carbocycles. The molecule has 1 N–H and O–H groups in total. The van der Waals surface area contributed by atoms with Crippen LogP contribution in [0.1, 0.15) is 28.8 Å². The number of nitrogens with zero attached hydrogens (tertiary/aromatic N) is 2. The summed E-state index contributed by atoms with van der Waals surface area (Å²) in [7, 11) is 1.73. The average molecular weight is 433 g/mol. The Morgan fingerprint density at radius 1 is 1.09 bits per heavy atom. The zero-order valence-electron chi connectivity index (χ0n) is 18.5. The highest BCUT2D eigenvalue weighted by Crippen LogP contribution is 2.31. The van der Waals surface area contributed by atoms with E-state index in [0.29, 0.717) is 31.5 Å². The molecule has 1 fully saturated rings. The zero-order chi connectivity index (χ0) is 22.7. The number of rotatable bonds is 6. The van der Waals surface area contributed by atoms with Crippen molar-refractivity contribution in [2.45, 2.75) is 25.8 Å². The third kappa shape index (κ3) is 4.26. The monoisotopic (exact) mass is 432 g/mol. The van der Waals surface area contributed by atoms with Gasteiger partial charge in [-0.15, -0.1) is 0 Å². The van der Waals surface area contributed by atoms with Crippen molar-refractivity contribution < 1.29 is 19.4 Å². The molecule has 1 atom stereocenters. The first kappa shape index (κ1) is 21.7. The molecule has 0 bridgehead atoms. The second kappa shape index (κ2) is 9.30. The van der Waals surface area contributed by atoms with Crippen molar-refractivity contribution >= 4 is 22.6 Å². The van der Waals surface area contributed by atoms with Crippen LogP contribution >= 0.6 is 0 Å². The van der Waals surface area contributed by atoms with Gasteiger partial charge in [0.05, 0.1) is 12.1 Å². The van der Waals surface area contributed by atoms with Crippen molar-refractivity contribution in [3.63, 3.8) is 0 Å². The van der Waals surface area contributed by atoms with E-state index in [1.165, 1.54) is 0 Å². The zero-order valence-corrected chi connectivity index (χ0v) is 18.5. The number of benzene rings is 3. The lowest BCUT2D eigenvalue weighted by Crippen LogP contribution is -2.47. The average Bonchev–Trinajstić information content (AvgIpc) is 3.29. The van der Waals surface area contributed by atoms with Crippen LogP contribution in [0.4, 0.5) is 0 Å². The fourth-order valence-corrected chi connectivity index (χ4v) is 4.22. The summed E-state index contributed by atoms with van der Waals surface area (Å²) in [4.78, 5) is 29.6. The maximum Gasteiger partial charge on any atom is 0.258 e. The van der Waals surface area contributed by atoms with Crippen molar-refractivity contribution in [1.29, 1.82) is 0 Å². The van der Waals surface area contributed by atoms with Crippen molar-refractivity contribution in [1.82, 2.24) is 9.80 Å². The number of aryl methyl sites for hydroxylation is 1. The molecular weight excluding hydrogens is 404 g/mol. The number of carbonyl (C=O) groups is 2. The molecule has 1 saturated heterocycles. The smallest absolute Gasteiger partial charge is 0.258 e. The predicted octanol–water partition coefficient (Wildman–Crippen LogP) is 4.00. The van der Waals surface area contributed by atoms with Gasteiger partial charge in [0.1, 0.15) is 24.1 Å². The molecule has 4 rings (SSSR count). The Labute approximate surface area is 188 Å². The van der Waals surface area contributed by atoms with Gasteiger partial charge in [-0.05, 0) is 42.8 Å². The van der Waals surface area contributed by atoms with Crippen LogP contribution in [0.15, 0.2) is 60.7 Å². The number of likely N-dealkylation sites (tertiary alicyclic amines) is 1. The lowest BCUT2D eigenvalue weighted by atomic mass is 10.0. The van der Waals surface area contributed by atoms with E-state index in [2.05, 4.69) is 0 Å². The molecule has 1 unspecified atom stereocenters. The van der Waals surface area contributed by atoms with E-state index in [9.17, 15) is 14.7 Å². The van der Waals surface area contributed by atoms with Gasteiger partial charge >= 0.3 is 0 Å². The number of carbonyl (C=O) groups excluding carboxylic acids is 2. The van der Waals surface area contributed by atoms with E-state index < -0.39 is 6.04 Å². The first-order valence-corrected chi connectivity index (χ1v) is 10.9.